The van der Waals surface area contributed by atoms with Gasteiger partial charge in [0.25, 0.3) is 0 Å². The first-order valence-corrected chi connectivity index (χ1v) is 9.81. The van der Waals surface area contributed by atoms with E-state index in [0.29, 0.717) is 6.04 Å². The molecule has 2 N–H and O–H groups in total. The number of nitrogens with one attached hydrogen (secondary N) is 2. The number of H-pyrrole nitrogens is 1. The van der Waals surface area contributed by atoms with Gasteiger partial charge in [0.1, 0.15) is 11.6 Å². The van der Waals surface area contributed by atoms with Crippen molar-refractivity contribution >= 4 is 11.0 Å². The van der Waals surface area contributed by atoms with Crippen LogP contribution in [0.2, 0.25) is 0 Å². The molecule has 0 amide bonds. The number of aromatic nitrogens is 2. The molecule has 142 valence electrons. The van der Waals surface area contributed by atoms with Crippen LogP contribution in [0.3, 0.4) is 0 Å². The van der Waals surface area contributed by atoms with Crippen LogP contribution < -0.4 is 5.32 Å². The number of benzene rings is 2. The monoisotopic (exact) mass is 366 g/mol. The van der Waals surface area contributed by atoms with Gasteiger partial charge in [0.2, 0.25) is 0 Å². The van der Waals surface area contributed by atoms with E-state index in [4.69, 9.17) is 0 Å². The van der Waals surface area contributed by atoms with Gasteiger partial charge in [0, 0.05) is 19.1 Å². The number of aryl methyl sites for hydroxylation is 1. The first-order chi connectivity index (χ1) is 13.2. The van der Waals surface area contributed by atoms with Crippen LogP contribution in [-0.2, 0) is 13.0 Å². The maximum absolute atomic E-state index is 13.0. The van der Waals surface area contributed by atoms with Crippen molar-refractivity contribution in [1.29, 1.82) is 0 Å². The molecule has 27 heavy (non-hydrogen) atoms. The topological polar surface area (TPSA) is 44.0 Å². The SMILES string of the molecule is Cc1nc2ccc(CNC3CCN(CCc4ccc(F)cc4)CC3)cc2[nH]1. The summed E-state index contributed by atoms with van der Waals surface area (Å²) in [6, 6.07) is 13.9. The summed E-state index contributed by atoms with van der Waals surface area (Å²) in [4.78, 5) is 10.3. The Hall–Kier alpha value is -2.24. The largest absolute Gasteiger partial charge is 0.342 e. The Bertz CT molecular complexity index is 879. The molecule has 0 spiro atoms. The second-order valence-corrected chi connectivity index (χ2v) is 7.55. The highest BCUT2D eigenvalue weighted by molar-refractivity contribution is 5.75. The molecule has 1 aromatic heterocycles. The fourth-order valence-corrected chi connectivity index (χ4v) is 3.86. The average Bonchev–Trinajstić information content (AvgIpc) is 3.06. The first-order valence-electron chi connectivity index (χ1n) is 9.81. The van der Waals surface area contributed by atoms with Gasteiger partial charge in [0.05, 0.1) is 11.0 Å². The van der Waals surface area contributed by atoms with Gasteiger partial charge in [-0.3, -0.25) is 0 Å². The molecule has 2 heterocycles. The molecule has 1 saturated heterocycles. The standard InChI is InChI=1S/C22H27FN4/c1-16-25-21-7-4-18(14-22(21)26-16)15-24-20-9-12-27(13-10-20)11-8-17-2-5-19(23)6-3-17/h2-7,14,20,24H,8-13,15H2,1H3,(H,25,26). The quantitative estimate of drug-likeness (QED) is 0.697. The molecule has 3 aromatic rings. The van der Waals surface area contributed by atoms with Gasteiger partial charge in [0.15, 0.2) is 0 Å². The maximum atomic E-state index is 13.0. The smallest absolute Gasteiger partial charge is 0.123 e. The highest BCUT2D eigenvalue weighted by atomic mass is 19.1. The molecule has 0 bridgehead atoms. The predicted molar refractivity (Wildman–Crippen MR) is 107 cm³/mol. The van der Waals surface area contributed by atoms with Crippen molar-refractivity contribution in [2.24, 2.45) is 0 Å². The maximum Gasteiger partial charge on any atom is 0.123 e. The van der Waals surface area contributed by atoms with E-state index in [-0.39, 0.29) is 5.82 Å². The number of fused-ring (bicyclic) bond motifs is 1. The molecule has 2 aromatic carbocycles. The van der Waals surface area contributed by atoms with E-state index in [9.17, 15) is 4.39 Å². The number of aromatic amines is 1. The summed E-state index contributed by atoms with van der Waals surface area (Å²) in [5.74, 6) is 0.801. The van der Waals surface area contributed by atoms with Crippen molar-refractivity contribution in [1.82, 2.24) is 20.2 Å². The predicted octanol–water partition coefficient (Wildman–Crippen LogP) is 3.81. The minimum absolute atomic E-state index is 0.160. The molecule has 0 radical (unpaired) electrons. The van der Waals surface area contributed by atoms with Crippen molar-refractivity contribution in [3.63, 3.8) is 0 Å². The van der Waals surface area contributed by atoms with Crippen molar-refractivity contribution < 1.29 is 4.39 Å². The fourth-order valence-electron chi connectivity index (χ4n) is 3.86. The third-order valence-corrected chi connectivity index (χ3v) is 5.48. The summed E-state index contributed by atoms with van der Waals surface area (Å²) in [5.41, 5.74) is 4.65. The van der Waals surface area contributed by atoms with Crippen LogP contribution >= 0.6 is 0 Å². The van der Waals surface area contributed by atoms with E-state index in [0.717, 1.165) is 49.5 Å². The molecular formula is C22H27FN4. The number of rotatable bonds is 6. The lowest BCUT2D eigenvalue weighted by Crippen LogP contribution is -2.42. The Morgan fingerprint density at radius 3 is 2.63 bits per heavy atom. The number of halogens is 1. The van der Waals surface area contributed by atoms with Gasteiger partial charge in [-0.2, -0.15) is 0 Å². The van der Waals surface area contributed by atoms with E-state index in [1.165, 1.54) is 24.0 Å². The molecule has 1 aliphatic heterocycles. The van der Waals surface area contributed by atoms with E-state index in [2.05, 4.69) is 38.4 Å². The molecule has 1 fully saturated rings. The summed E-state index contributed by atoms with van der Waals surface area (Å²) in [7, 11) is 0. The summed E-state index contributed by atoms with van der Waals surface area (Å²) in [6.07, 6.45) is 3.34. The number of hydrogen-bond donors (Lipinski definition) is 2. The van der Waals surface area contributed by atoms with Crippen molar-refractivity contribution in [3.8, 4) is 0 Å². The van der Waals surface area contributed by atoms with Crippen LogP contribution in [0.15, 0.2) is 42.5 Å². The number of nitrogens with zero attached hydrogens (tertiary/aromatic N) is 2. The van der Waals surface area contributed by atoms with Crippen molar-refractivity contribution in [2.45, 2.75) is 38.8 Å². The van der Waals surface area contributed by atoms with Crippen LogP contribution in [0.1, 0.15) is 29.8 Å². The lowest BCUT2D eigenvalue weighted by atomic mass is 10.0. The summed E-state index contributed by atoms with van der Waals surface area (Å²) < 4.78 is 13.0. The van der Waals surface area contributed by atoms with E-state index >= 15 is 0 Å². The molecule has 5 heteroatoms. The minimum Gasteiger partial charge on any atom is -0.342 e. The second-order valence-electron chi connectivity index (χ2n) is 7.55. The summed E-state index contributed by atoms with van der Waals surface area (Å²) in [5, 5.41) is 3.71. The molecule has 1 aliphatic rings. The molecular weight excluding hydrogens is 339 g/mol. The van der Waals surface area contributed by atoms with Gasteiger partial charge in [-0.05, 0) is 74.7 Å². The van der Waals surface area contributed by atoms with Crippen LogP contribution in [0.5, 0.6) is 0 Å². The third-order valence-electron chi connectivity index (χ3n) is 5.48. The molecule has 4 nitrogen and oxygen atoms in total. The first kappa shape index (κ1) is 18.1. The Balaban J connectivity index is 1.21. The molecule has 0 atom stereocenters. The second kappa shape index (κ2) is 8.19. The van der Waals surface area contributed by atoms with Crippen molar-refractivity contribution in [2.75, 3.05) is 19.6 Å². The van der Waals surface area contributed by atoms with Gasteiger partial charge >= 0.3 is 0 Å². The highest BCUT2D eigenvalue weighted by Gasteiger charge is 2.18. The van der Waals surface area contributed by atoms with Gasteiger partial charge < -0.3 is 15.2 Å². The summed E-state index contributed by atoms with van der Waals surface area (Å²) in [6.45, 7) is 6.18. The normalized spacial score (nSPS) is 16.2. The number of likely N-dealkylation sites (tertiary alicyclic amines) is 1. The third kappa shape index (κ3) is 4.73. The number of piperidine rings is 1. The zero-order chi connectivity index (χ0) is 18.6. The number of hydrogen-bond acceptors (Lipinski definition) is 3. The van der Waals surface area contributed by atoms with E-state index in [1.54, 1.807) is 12.1 Å². The molecule has 0 unspecified atom stereocenters. The molecule has 4 rings (SSSR count). The Morgan fingerprint density at radius 1 is 1.11 bits per heavy atom. The van der Waals surface area contributed by atoms with Gasteiger partial charge in [-0.15, -0.1) is 0 Å². The van der Waals surface area contributed by atoms with Crippen LogP contribution in [0.4, 0.5) is 4.39 Å². The van der Waals surface area contributed by atoms with Crippen LogP contribution in [-0.4, -0.2) is 40.5 Å². The zero-order valence-electron chi connectivity index (χ0n) is 15.8. The summed E-state index contributed by atoms with van der Waals surface area (Å²) >= 11 is 0. The van der Waals surface area contributed by atoms with Crippen LogP contribution in [0, 0.1) is 12.7 Å². The van der Waals surface area contributed by atoms with Crippen molar-refractivity contribution in [3.05, 3.63) is 65.2 Å². The zero-order valence-corrected chi connectivity index (χ0v) is 15.8. The van der Waals surface area contributed by atoms with E-state index in [1.807, 2.05) is 19.1 Å². The number of imidazole rings is 1. The lowest BCUT2D eigenvalue weighted by molar-refractivity contribution is 0.199. The highest BCUT2D eigenvalue weighted by Crippen LogP contribution is 2.16. The molecule has 0 saturated carbocycles. The Kier molecular flexibility index (Phi) is 5.50. The minimum atomic E-state index is -0.160. The lowest BCUT2D eigenvalue weighted by Gasteiger charge is -2.32. The average molecular weight is 366 g/mol. The van der Waals surface area contributed by atoms with Gasteiger partial charge in [-0.25, -0.2) is 9.37 Å². The van der Waals surface area contributed by atoms with E-state index < -0.39 is 0 Å². The Morgan fingerprint density at radius 2 is 1.85 bits per heavy atom. The molecule has 0 aliphatic carbocycles. The Labute approximate surface area is 159 Å². The fraction of sp³-hybridized carbons (Fsp3) is 0.409. The van der Waals surface area contributed by atoms with Crippen LogP contribution in [0.25, 0.3) is 11.0 Å². The van der Waals surface area contributed by atoms with Gasteiger partial charge in [-0.1, -0.05) is 18.2 Å².